The van der Waals surface area contributed by atoms with E-state index in [1.54, 1.807) is 13.8 Å². The second-order valence-electron chi connectivity index (χ2n) is 7.10. The molecule has 3 heterocycles. The summed E-state index contributed by atoms with van der Waals surface area (Å²) in [4.78, 5) is 23.4. The monoisotopic (exact) mass is 346 g/mol. The number of nitrogens with zero attached hydrogens (tertiary/aromatic N) is 3. The first-order chi connectivity index (χ1) is 11.9. The number of rotatable bonds is 4. The van der Waals surface area contributed by atoms with E-state index >= 15 is 0 Å². The van der Waals surface area contributed by atoms with Crippen molar-refractivity contribution in [1.82, 2.24) is 14.9 Å². The van der Waals surface area contributed by atoms with Crippen LogP contribution in [0.2, 0.25) is 0 Å². The third-order valence-electron chi connectivity index (χ3n) is 4.59. The van der Waals surface area contributed by atoms with E-state index in [0.717, 1.165) is 13.1 Å². The average molecular weight is 346 g/mol. The summed E-state index contributed by atoms with van der Waals surface area (Å²) in [5.41, 5.74) is 6.80. The Kier molecular flexibility index (Phi) is 4.94. The van der Waals surface area contributed by atoms with Gasteiger partial charge in [0.05, 0.1) is 18.5 Å². The Morgan fingerprint density at radius 3 is 2.64 bits per heavy atom. The molecule has 0 radical (unpaired) electrons. The Morgan fingerprint density at radius 2 is 2.00 bits per heavy atom. The predicted octanol–water partition coefficient (Wildman–Crippen LogP) is 2.77. The number of likely N-dealkylation sites (tertiary alicyclic amines) is 1. The first-order valence-corrected chi connectivity index (χ1v) is 8.84. The number of nitrogen functional groups attached to an aromatic ring is 1. The second kappa shape index (κ2) is 7.00. The number of furan rings is 1. The molecule has 7 nitrogen and oxygen atoms in total. The van der Waals surface area contributed by atoms with E-state index in [9.17, 15) is 4.79 Å². The fourth-order valence-corrected chi connectivity index (χ4v) is 3.82. The molecule has 2 aromatic heterocycles. The van der Waals surface area contributed by atoms with Crippen LogP contribution in [0.25, 0.3) is 11.1 Å². The quantitative estimate of drug-likeness (QED) is 0.851. The second-order valence-corrected chi connectivity index (χ2v) is 7.10. The van der Waals surface area contributed by atoms with E-state index in [1.165, 1.54) is 6.42 Å². The molecule has 1 fully saturated rings. The van der Waals surface area contributed by atoms with E-state index in [2.05, 4.69) is 28.7 Å². The SMILES string of the molecule is CCOC(=O)c1c(C)oc2nc(CN3C[C@@H](C)C[C@H](C)C3)nc(N)c12. The molecule has 7 heteroatoms. The van der Waals surface area contributed by atoms with Crippen molar-refractivity contribution in [2.75, 3.05) is 25.4 Å². The van der Waals surface area contributed by atoms with Crippen LogP contribution in [-0.4, -0.2) is 40.5 Å². The van der Waals surface area contributed by atoms with Crippen LogP contribution in [0.15, 0.2) is 4.42 Å². The molecule has 0 aromatic carbocycles. The van der Waals surface area contributed by atoms with Crippen molar-refractivity contribution < 1.29 is 13.9 Å². The van der Waals surface area contributed by atoms with E-state index in [1.807, 2.05) is 0 Å². The highest BCUT2D eigenvalue weighted by Crippen LogP contribution is 2.29. The van der Waals surface area contributed by atoms with Gasteiger partial charge in [-0.25, -0.2) is 9.78 Å². The highest BCUT2D eigenvalue weighted by atomic mass is 16.5. The van der Waals surface area contributed by atoms with Crippen molar-refractivity contribution in [1.29, 1.82) is 0 Å². The number of esters is 1. The van der Waals surface area contributed by atoms with Gasteiger partial charge in [-0.3, -0.25) is 4.90 Å². The highest BCUT2D eigenvalue weighted by molar-refractivity contribution is 6.07. The van der Waals surface area contributed by atoms with Crippen LogP contribution in [0.4, 0.5) is 5.82 Å². The number of carbonyl (C=O) groups excluding carboxylic acids is 1. The van der Waals surface area contributed by atoms with Crippen molar-refractivity contribution in [2.24, 2.45) is 11.8 Å². The lowest BCUT2D eigenvalue weighted by Crippen LogP contribution is -2.38. The normalized spacial score (nSPS) is 21.6. The summed E-state index contributed by atoms with van der Waals surface area (Å²) >= 11 is 0. The number of aryl methyl sites for hydroxylation is 1. The van der Waals surface area contributed by atoms with Gasteiger partial charge in [0.2, 0.25) is 5.71 Å². The number of anilines is 1. The third kappa shape index (κ3) is 3.61. The summed E-state index contributed by atoms with van der Waals surface area (Å²) in [7, 11) is 0. The van der Waals surface area contributed by atoms with Crippen molar-refractivity contribution in [3.05, 3.63) is 17.1 Å². The summed E-state index contributed by atoms with van der Waals surface area (Å²) < 4.78 is 10.8. The molecule has 0 saturated carbocycles. The Labute approximate surface area is 147 Å². The number of hydrogen-bond acceptors (Lipinski definition) is 7. The van der Waals surface area contributed by atoms with Gasteiger partial charge in [0.1, 0.15) is 23.0 Å². The van der Waals surface area contributed by atoms with Crippen molar-refractivity contribution in [2.45, 2.75) is 40.7 Å². The van der Waals surface area contributed by atoms with Crippen LogP contribution in [0.5, 0.6) is 0 Å². The Morgan fingerprint density at radius 1 is 1.32 bits per heavy atom. The average Bonchev–Trinajstić information content (AvgIpc) is 2.83. The minimum Gasteiger partial charge on any atom is -0.462 e. The molecule has 2 atom stereocenters. The van der Waals surface area contributed by atoms with Crippen LogP contribution in [0.3, 0.4) is 0 Å². The first-order valence-electron chi connectivity index (χ1n) is 8.84. The molecule has 136 valence electrons. The van der Waals surface area contributed by atoms with Crippen LogP contribution in [0, 0.1) is 18.8 Å². The largest absolute Gasteiger partial charge is 0.462 e. The maximum absolute atomic E-state index is 12.2. The summed E-state index contributed by atoms with van der Waals surface area (Å²) in [6.07, 6.45) is 1.25. The van der Waals surface area contributed by atoms with Gasteiger partial charge >= 0.3 is 5.97 Å². The van der Waals surface area contributed by atoms with Gasteiger partial charge in [-0.1, -0.05) is 13.8 Å². The number of fused-ring (bicyclic) bond motifs is 1. The molecule has 1 aliphatic heterocycles. The number of nitrogens with two attached hydrogens (primary N) is 1. The van der Waals surface area contributed by atoms with Gasteiger partial charge in [0, 0.05) is 13.1 Å². The van der Waals surface area contributed by atoms with Crippen molar-refractivity contribution in [3.63, 3.8) is 0 Å². The highest BCUT2D eigenvalue weighted by Gasteiger charge is 2.26. The molecule has 0 unspecified atom stereocenters. The van der Waals surface area contributed by atoms with Crippen molar-refractivity contribution in [3.8, 4) is 0 Å². The molecule has 0 spiro atoms. The standard InChI is InChI=1S/C18H26N4O3/c1-5-24-18(23)14-12(4)25-17-15(14)16(19)20-13(21-17)9-22-7-10(2)6-11(3)8-22/h10-11H,5-9H2,1-4H3,(H2,19,20,21)/t10-,11-/m0/s1. The summed E-state index contributed by atoms with van der Waals surface area (Å²) in [5, 5.41) is 0.445. The zero-order valence-electron chi connectivity index (χ0n) is 15.3. The lowest BCUT2D eigenvalue weighted by Gasteiger charge is -2.34. The summed E-state index contributed by atoms with van der Waals surface area (Å²) in [6.45, 7) is 11.0. The van der Waals surface area contributed by atoms with Crippen molar-refractivity contribution >= 4 is 22.9 Å². The molecular formula is C18H26N4O3. The maximum atomic E-state index is 12.2. The van der Waals surface area contributed by atoms with Gasteiger partial charge in [-0.05, 0) is 32.1 Å². The Hall–Kier alpha value is -2.15. The van der Waals surface area contributed by atoms with Gasteiger partial charge in [-0.15, -0.1) is 0 Å². The lowest BCUT2D eigenvalue weighted by atomic mass is 9.92. The Balaban J connectivity index is 1.91. The van der Waals surface area contributed by atoms with Gasteiger partial charge in [0.25, 0.3) is 0 Å². The first kappa shape index (κ1) is 17.7. The van der Waals surface area contributed by atoms with Gasteiger partial charge in [0.15, 0.2) is 0 Å². The number of piperidine rings is 1. The molecular weight excluding hydrogens is 320 g/mol. The van der Waals surface area contributed by atoms with E-state index in [0.29, 0.717) is 46.6 Å². The van der Waals surface area contributed by atoms with E-state index < -0.39 is 5.97 Å². The zero-order valence-corrected chi connectivity index (χ0v) is 15.3. The fourth-order valence-electron chi connectivity index (χ4n) is 3.82. The molecule has 3 rings (SSSR count). The topological polar surface area (TPSA) is 94.5 Å². The summed E-state index contributed by atoms with van der Waals surface area (Å²) in [5.74, 6) is 2.19. The fraction of sp³-hybridized carbons (Fsp3) is 0.611. The molecule has 25 heavy (non-hydrogen) atoms. The van der Waals surface area contributed by atoms with Crippen LogP contribution in [-0.2, 0) is 11.3 Å². The van der Waals surface area contributed by atoms with Gasteiger partial charge < -0.3 is 14.9 Å². The zero-order chi connectivity index (χ0) is 18.1. The predicted molar refractivity (Wildman–Crippen MR) is 95.1 cm³/mol. The molecule has 2 aromatic rings. The lowest BCUT2D eigenvalue weighted by molar-refractivity contribution is 0.0526. The smallest absolute Gasteiger partial charge is 0.342 e. The van der Waals surface area contributed by atoms with Crippen LogP contribution in [0.1, 0.15) is 49.1 Å². The third-order valence-corrected chi connectivity index (χ3v) is 4.59. The molecule has 0 bridgehead atoms. The molecule has 1 saturated heterocycles. The number of aromatic nitrogens is 2. The molecule has 0 amide bonds. The minimum absolute atomic E-state index is 0.262. The Bertz CT molecular complexity index is 776. The molecule has 2 N–H and O–H groups in total. The van der Waals surface area contributed by atoms with Gasteiger partial charge in [-0.2, -0.15) is 4.98 Å². The number of hydrogen-bond donors (Lipinski definition) is 1. The number of carbonyl (C=O) groups is 1. The maximum Gasteiger partial charge on any atom is 0.342 e. The minimum atomic E-state index is -0.458. The molecule has 1 aliphatic rings. The number of ether oxygens (including phenoxy) is 1. The molecule has 0 aliphatic carbocycles. The van der Waals surface area contributed by atoms with Crippen LogP contribution < -0.4 is 5.73 Å². The van der Waals surface area contributed by atoms with E-state index in [4.69, 9.17) is 14.9 Å². The van der Waals surface area contributed by atoms with Crippen LogP contribution >= 0.6 is 0 Å². The summed E-state index contributed by atoms with van der Waals surface area (Å²) in [6, 6.07) is 0. The van der Waals surface area contributed by atoms with E-state index in [-0.39, 0.29) is 12.4 Å².